The number of rotatable bonds is 10. The molecule has 0 saturated heterocycles. The smallest absolute Gasteiger partial charge is 0.357 e. The summed E-state index contributed by atoms with van der Waals surface area (Å²) in [6, 6.07) is 0.936. The third kappa shape index (κ3) is 7.96. The molecule has 10 heteroatoms. The Labute approximate surface area is 183 Å². The Balaban J connectivity index is 2.87. The number of alkyl halides is 6. The number of hydrogen-bond donors (Lipinski definition) is 2. The van der Waals surface area contributed by atoms with Crippen LogP contribution >= 0.6 is 0 Å². The lowest BCUT2D eigenvalue weighted by Crippen LogP contribution is -2.58. The third-order valence-corrected chi connectivity index (χ3v) is 5.34. The van der Waals surface area contributed by atoms with Gasteiger partial charge in [0, 0.05) is 12.1 Å². The van der Waals surface area contributed by atoms with E-state index in [1.165, 1.54) is 0 Å². The molecule has 0 heterocycles. The summed E-state index contributed by atoms with van der Waals surface area (Å²) in [6.45, 7) is 9.49. The third-order valence-electron chi connectivity index (χ3n) is 5.34. The van der Waals surface area contributed by atoms with Gasteiger partial charge in [0.15, 0.2) is 5.78 Å². The van der Waals surface area contributed by atoms with Gasteiger partial charge in [-0.3, -0.25) is 9.59 Å². The fraction of sp³-hybridized carbons (Fsp3) is 0.545. The summed E-state index contributed by atoms with van der Waals surface area (Å²) in [7, 11) is 0. The van der Waals surface area contributed by atoms with E-state index in [4.69, 9.17) is 0 Å². The number of halogens is 6. The van der Waals surface area contributed by atoms with Crippen LogP contribution < -0.4 is 11.1 Å². The summed E-state index contributed by atoms with van der Waals surface area (Å²) in [5.41, 5.74) is -0.109. The molecule has 0 aliphatic rings. The van der Waals surface area contributed by atoms with Crippen molar-refractivity contribution in [1.29, 1.82) is 0 Å². The first-order valence-electron chi connectivity index (χ1n) is 10.1. The van der Waals surface area contributed by atoms with Crippen molar-refractivity contribution >= 4 is 17.4 Å². The molecule has 0 aliphatic heterocycles. The number of quaternary nitrogens is 1. The van der Waals surface area contributed by atoms with Gasteiger partial charge in [-0.15, -0.1) is 0 Å². The molecule has 0 aromatic heterocycles. The molecule has 1 aromatic rings. The molecule has 1 rings (SSSR count). The van der Waals surface area contributed by atoms with E-state index >= 15 is 0 Å². The highest BCUT2D eigenvalue weighted by Gasteiger charge is 2.37. The van der Waals surface area contributed by atoms with Crippen LogP contribution in [0.15, 0.2) is 30.4 Å². The number of hydrogen-bond acceptors (Lipinski definition) is 2. The molecule has 0 saturated carbocycles. The van der Waals surface area contributed by atoms with Crippen molar-refractivity contribution in [2.75, 3.05) is 11.9 Å². The summed E-state index contributed by atoms with van der Waals surface area (Å²) >= 11 is 0. The number of nitrogens with one attached hydrogen (secondary N) is 1. The molecule has 4 nitrogen and oxygen atoms in total. The zero-order chi connectivity index (χ0) is 24.9. The summed E-state index contributed by atoms with van der Waals surface area (Å²) in [4.78, 5) is 24.7. The lowest BCUT2D eigenvalue weighted by atomic mass is 9.82. The van der Waals surface area contributed by atoms with Crippen LogP contribution in [0.2, 0.25) is 0 Å². The molecule has 0 aliphatic carbocycles. The highest BCUT2D eigenvalue weighted by Crippen LogP contribution is 2.37. The van der Waals surface area contributed by atoms with Gasteiger partial charge in [0.2, 0.25) is 5.91 Å². The molecule has 180 valence electrons. The summed E-state index contributed by atoms with van der Waals surface area (Å²) in [5.74, 6) is -1.06. The lowest BCUT2D eigenvalue weighted by Gasteiger charge is -2.21. The van der Waals surface area contributed by atoms with Crippen LogP contribution in [0.25, 0.3) is 0 Å². The van der Waals surface area contributed by atoms with E-state index in [0.717, 1.165) is 0 Å². The fourth-order valence-electron chi connectivity index (χ4n) is 3.04. The van der Waals surface area contributed by atoms with E-state index in [2.05, 4.69) is 17.6 Å². The first-order chi connectivity index (χ1) is 14.5. The largest absolute Gasteiger partial charge is 0.416 e. The van der Waals surface area contributed by atoms with Gasteiger partial charge < -0.3 is 11.1 Å². The Morgan fingerprint density at radius 1 is 1.03 bits per heavy atom. The van der Waals surface area contributed by atoms with Crippen LogP contribution in [0, 0.1) is 11.3 Å². The van der Waals surface area contributed by atoms with E-state index in [1.54, 1.807) is 20.8 Å². The van der Waals surface area contributed by atoms with Crippen LogP contribution in [0.4, 0.5) is 32.0 Å². The predicted molar refractivity (Wildman–Crippen MR) is 108 cm³/mol. The molecule has 1 atom stereocenters. The van der Waals surface area contributed by atoms with E-state index in [-0.39, 0.29) is 24.2 Å². The van der Waals surface area contributed by atoms with Gasteiger partial charge in [-0.05, 0) is 56.4 Å². The summed E-state index contributed by atoms with van der Waals surface area (Å²) < 4.78 is 77.8. The molecule has 0 spiro atoms. The molecular formula is C22H29F6N2O2+. The van der Waals surface area contributed by atoms with Gasteiger partial charge >= 0.3 is 12.4 Å². The van der Waals surface area contributed by atoms with E-state index in [9.17, 15) is 35.9 Å². The van der Waals surface area contributed by atoms with Crippen LogP contribution in [0.3, 0.4) is 0 Å². The standard InChI is InChI=1S/C22H28F6N2O2/c1-5-14(7-6-13(2)19(32)20(3,4)12-29)8-18(31)30-17-10-15(21(23,24)25)9-16(11-17)22(26,27)28/h9-11,14H,2,5-8,12,29H2,1,3-4H3,(H,30,31)/p+1. The Morgan fingerprint density at radius 3 is 1.94 bits per heavy atom. The highest BCUT2D eigenvalue weighted by atomic mass is 19.4. The molecule has 1 unspecified atom stereocenters. The molecular weight excluding hydrogens is 438 g/mol. The van der Waals surface area contributed by atoms with Crippen LogP contribution in [-0.4, -0.2) is 18.2 Å². The maximum atomic E-state index is 13.0. The van der Waals surface area contributed by atoms with E-state index in [1.807, 2.05) is 0 Å². The number of amides is 1. The Kier molecular flexibility index (Phi) is 9.08. The zero-order valence-corrected chi connectivity index (χ0v) is 18.3. The van der Waals surface area contributed by atoms with Crippen molar-refractivity contribution in [2.24, 2.45) is 11.3 Å². The van der Waals surface area contributed by atoms with Crippen LogP contribution in [-0.2, 0) is 21.9 Å². The second kappa shape index (κ2) is 10.5. The minimum absolute atomic E-state index is 0.000435. The maximum Gasteiger partial charge on any atom is 0.416 e. The van der Waals surface area contributed by atoms with Gasteiger partial charge in [-0.1, -0.05) is 19.9 Å². The number of allylic oxidation sites excluding steroid dienone is 1. The number of Topliss-reactive ketones (excluding diaryl/α,β-unsaturated/α-hetero) is 1. The maximum absolute atomic E-state index is 13.0. The average molecular weight is 467 g/mol. The van der Waals surface area contributed by atoms with Crippen molar-refractivity contribution in [2.45, 2.75) is 58.8 Å². The normalized spacial score (nSPS) is 13.6. The first kappa shape index (κ1) is 27.7. The molecule has 1 amide bonds. The van der Waals surface area contributed by atoms with E-state index < -0.39 is 40.5 Å². The van der Waals surface area contributed by atoms with Gasteiger partial charge in [0.25, 0.3) is 0 Å². The van der Waals surface area contributed by atoms with Gasteiger partial charge in [0.1, 0.15) is 0 Å². The second-order valence-corrected chi connectivity index (χ2v) is 8.43. The van der Waals surface area contributed by atoms with Gasteiger partial charge in [-0.25, -0.2) is 0 Å². The minimum atomic E-state index is -5.00. The Hall–Kier alpha value is -2.36. The predicted octanol–water partition coefficient (Wildman–Crippen LogP) is 5.25. The van der Waals surface area contributed by atoms with Crippen molar-refractivity contribution in [3.63, 3.8) is 0 Å². The van der Waals surface area contributed by atoms with E-state index in [0.29, 0.717) is 43.5 Å². The summed E-state index contributed by atoms with van der Waals surface area (Å²) in [6.07, 6.45) is -8.82. The van der Waals surface area contributed by atoms with Crippen molar-refractivity contribution < 1.29 is 41.7 Å². The SMILES string of the molecule is C=C(CCC(CC)CC(=O)Nc1cc(C(F)(F)F)cc(C(F)(F)F)c1)C(=O)C(C)(C)C[NH3+]. The summed E-state index contributed by atoms with van der Waals surface area (Å²) in [5, 5.41) is 2.14. The molecule has 0 bridgehead atoms. The number of carbonyl (C=O) groups is 2. The monoisotopic (exact) mass is 467 g/mol. The second-order valence-electron chi connectivity index (χ2n) is 8.43. The van der Waals surface area contributed by atoms with Crippen LogP contribution in [0.1, 0.15) is 57.6 Å². The molecule has 0 fully saturated rings. The average Bonchev–Trinajstić information content (AvgIpc) is 2.68. The van der Waals surface area contributed by atoms with Crippen molar-refractivity contribution in [3.05, 3.63) is 41.5 Å². The Morgan fingerprint density at radius 2 is 1.53 bits per heavy atom. The van der Waals surface area contributed by atoms with Crippen LogP contribution in [0.5, 0.6) is 0 Å². The first-order valence-corrected chi connectivity index (χ1v) is 10.1. The number of anilines is 1. The lowest BCUT2D eigenvalue weighted by molar-refractivity contribution is -0.384. The number of carbonyl (C=O) groups excluding carboxylic acids is 2. The van der Waals surface area contributed by atoms with Gasteiger partial charge in [-0.2, -0.15) is 26.3 Å². The Bertz CT molecular complexity index is 812. The topological polar surface area (TPSA) is 73.8 Å². The quantitative estimate of drug-likeness (QED) is 0.364. The zero-order valence-electron chi connectivity index (χ0n) is 18.3. The van der Waals surface area contributed by atoms with Gasteiger partial charge in [0.05, 0.1) is 23.1 Å². The molecule has 32 heavy (non-hydrogen) atoms. The number of benzene rings is 1. The fourth-order valence-corrected chi connectivity index (χ4v) is 3.04. The van der Waals surface area contributed by atoms with Crippen molar-refractivity contribution in [1.82, 2.24) is 0 Å². The molecule has 4 N–H and O–H groups in total. The number of ketones is 1. The van der Waals surface area contributed by atoms with Crippen molar-refractivity contribution in [3.8, 4) is 0 Å². The highest BCUT2D eigenvalue weighted by molar-refractivity contribution is 5.98. The molecule has 0 radical (unpaired) electrons. The molecule has 1 aromatic carbocycles. The minimum Gasteiger partial charge on any atom is -0.357 e.